The highest BCUT2D eigenvalue weighted by atomic mass is 35.5. The third kappa shape index (κ3) is 3.15. The van der Waals surface area contributed by atoms with Crippen LogP contribution in [0.5, 0.6) is 5.75 Å². The molecule has 2 aromatic rings. The molecule has 0 saturated heterocycles. The van der Waals surface area contributed by atoms with Gasteiger partial charge in [-0.15, -0.1) is 0 Å². The largest absolute Gasteiger partial charge is 0.462 e. The number of carbonyl (C=O) groups is 2. The molecular weight excluding hydrogens is 353 g/mol. The summed E-state index contributed by atoms with van der Waals surface area (Å²) in [5, 5.41) is 0.0755. The molecule has 0 bridgehead atoms. The van der Waals surface area contributed by atoms with Gasteiger partial charge in [0.15, 0.2) is 5.75 Å². The highest BCUT2D eigenvalue weighted by Gasteiger charge is 2.35. The van der Waals surface area contributed by atoms with Crippen molar-refractivity contribution in [3.8, 4) is 5.75 Å². The number of hydrogen-bond acceptors (Lipinski definition) is 5. The molecule has 1 aromatic carbocycles. The molecule has 0 unspecified atom stereocenters. The molecule has 130 valence electrons. The van der Waals surface area contributed by atoms with Crippen LogP contribution >= 0.6 is 11.6 Å². The average molecular weight is 366 g/mol. The second-order valence-corrected chi connectivity index (χ2v) is 5.80. The lowest BCUT2D eigenvalue weighted by molar-refractivity contribution is -0.135. The Hall–Kier alpha value is -2.67. The van der Waals surface area contributed by atoms with Crippen LogP contribution in [0, 0.1) is 5.82 Å². The van der Waals surface area contributed by atoms with Crippen LogP contribution in [0.25, 0.3) is 0 Å². The van der Waals surface area contributed by atoms with Gasteiger partial charge in [-0.05, 0) is 24.6 Å². The minimum absolute atomic E-state index is 0.0623. The smallest absolute Gasteiger partial charge is 0.343 e. The molecule has 0 radical (unpaired) electrons. The van der Waals surface area contributed by atoms with Crippen LogP contribution in [-0.4, -0.2) is 23.5 Å². The zero-order chi connectivity index (χ0) is 18.1. The Kier molecular flexibility index (Phi) is 4.59. The Labute approximate surface area is 146 Å². The molecule has 0 aliphatic carbocycles. The molecule has 3 rings (SSSR count). The summed E-state index contributed by atoms with van der Waals surface area (Å²) in [6.07, 6.45) is 0.981. The van der Waals surface area contributed by atoms with Gasteiger partial charge in [0.25, 0.3) is 5.56 Å². The lowest BCUT2D eigenvalue weighted by atomic mass is 9.86. The van der Waals surface area contributed by atoms with Crippen molar-refractivity contribution < 1.29 is 23.5 Å². The van der Waals surface area contributed by atoms with Crippen LogP contribution in [0.15, 0.2) is 29.2 Å². The number of ether oxygens (including phenoxy) is 2. The number of hydrogen-bond donors (Lipinski definition) is 1. The predicted octanol–water partition coefficient (Wildman–Crippen LogP) is 2.79. The number of aromatic amines is 1. The van der Waals surface area contributed by atoms with Gasteiger partial charge in [-0.3, -0.25) is 9.59 Å². The van der Waals surface area contributed by atoms with Gasteiger partial charge in [0.2, 0.25) is 0 Å². The molecule has 0 spiro atoms. The first-order valence-corrected chi connectivity index (χ1v) is 7.88. The van der Waals surface area contributed by atoms with Gasteiger partial charge >= 0.3 is 11.9 Å². The Morgan fingerprint density at radius 2 is 2.20 bits per heavy atom. The van der Waals surface area contributed by atoms with E-state index in [0.29, 0.717) is 5.56 Å². The molecule has 1 N–H and O–H groups in total. The maximum Gasteiger partial charge on any atom is 0.343 e. The van der Waals surface area contributed by atoms with Crippen LogP contribution < -0.4 is 10.3 Å². The summed E-state index contributed by atoms with van der Waals surface area (Å²) in [5.74, 6) is -2.81. The number of halogens is 2. The number of aromatic nitrogens is 1. The molecule has 1 aliphatic heterocycles. The molecular formula is C17H13ClFNO5. The van der Waals surface area contributed by atoms with E-state index in [1.165, 1.54) is 12.1 Å². The Morgan fingerprint density at radius 3 is 2.88 bits per heavy atom. The van der Waals surface area contributed by atoms with Crippen molar-refractivity contribution in [3.05, 3.63) is 62.3 Å². The zero-order valence-corrected chi connectivity index (χ0v) is 13.9. The second-order valence-electron chi connectivity index (χ2n) is 5.39. The zero-order valence-electron chi connectivity index (χ0n) is 13.1. The van der Waals surface area contributed by atoms with E-state index in [2.05, 4.69) is 4.98 Å². The monoisotopic (exact) mass is 365 g/mol. The third-order valence-electron chi connectivity index (χ3n) is 3.85. The van der Waals surface area contributed by atoms with Crippen LogP contribution in [0.3, 0.4) is 0 Å². The summed E-state index contributed by atoms with van der Waals surface area (Å²) in [5.41, 5.74) is -0.111. The van der Waals surface area contributed by atoms with Crippen LogP contribution in [0.1, 0.15) is 40.7 Å². The fourth-order valence-corrected chi connectivity index (χ4v) is 3.09. The van der Waals surface area contributed by atoms with Gasteiger partial charge in [-0.25, -0.2) is 9.18 Å². The number of pyridine rings is 1. The third-order valence-corrected chi connectivity index (χ3v) is 4.18. The highest BCUT2D eigenvalue weighted by Crippen LogP contribution is 2.40. The minimum atomic E-state index is -0.762. The highest BCUT2D eigenvalue weighted by molar-refractivity contribution is 6.31. The average Bonchev–Trinajstić information content (AvgIpc) is 2.54. The van der Waals surface area contributed by atoms with E-state index < -0.39 is 29.2 Å². The number of rotatable bonds is 3. The maximum absolute atomic E-state index is 13.3. The molecule has 0 saturated carbocycles. The summed E-state index contributed by atoms with van der Waals surface area (Å²) < 4.78 is 23.4. The molecule has 25 heavy (non-hydrogen) atoms. The van der Waals surface area contributed by atoms with Crippen molar-refractivity contribution in [1.82, 2.24) is 4.98 Å². The van der Waals surface area contributed by atoms with Gasteiger partial charge in [0.1, 0.15) is 11.4 Å². The Balaban J connectivity index is 2.21. The van der Waals surface area contributed by atoms with E-state index in [1.807, 2.05) is 0 Å². The molecule has 0 fully saturated rings. The standard InChI is InChI=1S/C17H13ClFNO5/c1-2-24-17(23)11-7-20-16(22)14-10(6-13(21)25-15(11)14)9-4-3-8(19)5-12(9)18/h3-5,7,10H,2,6H2,1H3,(H,20,22)/t10-/m1/s1. The van der Waals surface area contributed by atoms with E-state index in [-0.39, 0.29) is 34.9 Å². The van der Waals surface area contributed by atoms with Gasteiger partial charge in [0, 0.05) is 17.1 Å². The Bertz CT molecular complexity index is 924. The number of H-pyrrole nitrogens is 1. The van der Waals surface area contributed by atoms with E-state index in [4.69, 9.17) is 21.1 Å². The lowest BCUT2D eigenvalue weighted by Crippen LogP contribution is -2.30. The summed E-state index contributed by atoms with van der Waals surface area (Å²) in [7, 11) is 0. The molecule has 1 aliphatic rings. The molecule has 6 nitrogen and oxygen atoms in total. The quantitative estimate of drug-likeness (QED) is 0.845. The van der Waals surface area contributed by atoms with Gasteiger partial charge in [0.05, 0.1) is 18.6 Å². The summed E-state index contributed by atoms with van der Waals surface area (Å²) in [6.45, 7) is 1.75. The summed E-state index contributed by atoms with van der Waals surface area (Å²) >= 11 is 6.09. The van der Waals surface area contributed by atoms with Gasteiger partial charge < -0.3 is 14.5 Å². The van der Waals surface area contributed by atoms with Crippen molar-refractivity contribution in [3.63, 3.8) is 0 Å². The summed E-state index contributed by atoms with van der Waals surface area (Å²) in [4.78, 5) is 38.9. The first kappa shape index (κ1) is 17.2. The first-order valence-electron chi connectivity index (χ1n) is 7.50. The fraction of sp³-hybridized carbons (Fsp3) is 0.235. The normalized spacial score (nSPS) is 16.1. The van der Waals surface area contributed by atoms with Crippen molar-refractivity contribution in [2.24, 2.45) is 0 Å². The second kappa shape index (κ2) is 6.68. The lowest BCUT2D eigenvalue weighted by Gasteiger charge is -2.25. The fourth-order valence-electron chi connectivity index (χ4n) is 2.79. The number of benzene rings is 1. The van der Waals surface area contributed by atoms with Crippen LogP contribution in [-0.2, 0) is 9.53 Å². The van der Waals surface area contributed by atoms with E-state index in [0.717, 1.165) is 12.3 Å². The summed E-state index contributed by atoms with van der Waals surface area (Å²) in [6, 6.07) is 3.69. The van der Waals surface area contributed by atoms with Crippen LogP contribution in [0.4, 0.5) is 4.39 Å². The Morgan fingerprint density at radius 1 is 1.44 bits per heavy atom. The number of carbonyl (C=O) groups excluding carboxylic acids is 2. The molecule has 8 heteroatoms. The van der Waals surface area contributed by atoms with E-state index >= 15 is 0 Å². The van der Waals surface area contributed by atoms with Gasteiger partial charge in [-0.2, -0.15) is 0 Å². The predicted molar refractivity (Wildman–Crippen MR) is 86.5 cm³/mol. The SMILES string of the molecule is CCOC(=O)c1c[nH]c(=O)c2c1OC(=O)C[C@@H]2c1ccc(F)cc1Cl. The van der Waals surface area contributed by atoms with Crippen molar-refractivity contribution in [2.45, 2.75) is 19.3 Å². The van der Waals surface area contributed by atoms with Crippen LogP contribution in [0.2, 0.25) is 5.02 Å². The van der Waals surface area contributed by atoms with Gasteiger partial charge in [-0.1, -0.05) is 17.7 Å². The number of nitrogens with one attached hydrogen (secondary N) is 1. The van der Waals surface area contributed by atoms with Crippen molar-refractivity contribution >= 4 is 23.5 Å². The number of fused-ring (bicyclic) bond motifs is 1. The molecule has 1 aromatic heterocycles. The molecule has 1 atom stereocenters. The van der Waals surface area contributed by atoms with E-state index in [1.54, 1.807) is 6.92 Å². The number of esters is 2. The molecule has 0 amide bonds. The minimum Gasteiger partial charge on any atom is -0.462 e. The maximum atomic E-state index is 13.3. The molecule has 2 heterocycles. The topological polar surface area (TPSA) is 85.5 Å². The van der Waals surface area contributed by atoms with Crippen molar-refractivity contribution in [2.75, 3.05) is 6.61 Å². The first-order chi connectivity index (χ1) is 11.9. The van der Waals surface area contributed by atoms with E-state index in [9.17, 15) is 18.8 Å². The van der Waals surface area contributed by atoms with Crippen molar-refractivity contribution in [1.29, 1.82) is 0 Å².